The Kier molecular flexibility index (Phi) is 5.64. The van der Waals surface area contributed by atoms with Crippen LogP contribution in [0.3, 0.4) is 0 Å². The summed E-state index contributed by atoms with van der Waals surface area (Å²) in [6.07, 6.45) is 1.68. The largest absolute Gasteiger partial charge is 0.478 e. The molecule has 0 spiro atoms. The van der Waals surface area contributed by atoms with E-state index in [4.69, 9.17) is 0 Å². The predicted molar refractivity (Wildman–Crippen MR) is 113 cm³/mol. The Morgan fingerprint density at radius 3 is 1.93 bits per heavy atom. The van der Waals surface area contributed by atoms with Crippen LogP contribution in [0.2, 0.25) is 0 Å². The van der Waals surface area contributed by atoms with Crippen LogP contribution in [-0.2, 0) is 0 Å². The van der Waals surface area contributed by atoms with Crippen LogP contribution < -0.4 is 0 Å². The monoisotopic (exact) mass is 404 g/mol. The maximum atomic E-state index is 11.4. The summed E-state index contributed by atoms with van der Waals surface area (Å²) in [4.78, 5) is 38.6. The number of carboxylic acids is 2. The van der Waals surface area contributed by atoms with Crippen molar-refractivity contribution in [2.75, 3.05) is 0 Å². The van der Waals surface area contributed by atoms with E-state index in [0.29, 0.717) is 16.9 Å². The molecule has 0 aliphatic heterocycles. The fraction of sp³-hybridized carbons (Fsp3) is 0.130. The molecular formula is C23H20N2O5. The number of nitrogens with zero attached hydrogens (tertiary/aromatic N) is 2. The number of carbonyl (C=O) groups excluding carboxylic acids is 1. The van der Waals surface area contributed by atoms with Crippen molar-refractivity contribution >= 4 is 29.6 Å². The number of aromatic nitrogens is 1. The van der Waals surface area contributed by atoms with Gasteiger partial charge in [-0.2, -0.15) is 0 Å². The first-order valence-electron chi connectivity index (χ1n) is 9.13. The molecule has 0 radical (unpaired) electrons. The van der Waals surface area contributed by atoms with Crippen LogP contribution in [0.4, 0.5) is 5.69 Å². The van der Waals surface area contributed by atoms with Crippen LogP contribution in [0.25, 0.3) is 5.69 Å². The van der Waals surface area contributed by atoms with Crippen LogP contribution in [0, 0.1) is 13.8 Å². The minimum atomic E-state index is -1.20. The van der Waals surface area contributed by atoms with Crippen molar-refractivity contribution in [1.29, 1.82) is 0 Å². The number of rotatable bonds is 6. The molecule has 2 N–H and O–H groups in total. The van der Waals surface area contributed by atoms with E-state index in [1.54, 1.807) is 35.0 Å². The highest BCUT2D eigenvalue weighted by Gasteiger charge is 2.16. The molecule has 3 rings (SSSR count). The molecule has 0 unspecified atom stereocenters. The summed E-state index contributed by atoms with van der Waals surface area (Å²) in [5.41, 5.74) is 3.95. The van der Waals surface area contributed by atoms with E-state index in [9.17, 15) is 24.6 Å². The van der Waals surface area contributed by atoms with Gasteiger partial charge in [-0.1, -0.05) is 0 Å². The molecule has 0 bridgehead atoms. The second-order valence-corrected chi connectivity index (χ2v) is 6.90. The lowest BCUT2D eigenvalue weighted by Crippen LogP contribution is -2.07. The highest BCUT2D eigenvalue weighted by Crippen LogP contribution is 2.23. The molecule has 3 aromatic rings. The Balaban J connectivity index is 2.01. The topological polar surface area (TPSA) is 109 Å². The molecule has 7 nitrogen and oxygen atoms in total. The van der Waals surface area contributed by atoms with Gasteiger partial charge in [-0.25, -0.2) is 9.59 Å². The van der Waals surface area contributed by atoms with E-state index in [2.05, 4.69) is 4.99 Å². The lowest BCUT2D eigenvalue weighted by Gasteiger charge is -2.12. The van der Waals surface area contributed by atoms with E-state index in [0.717, 1.165) is 23.0 Å². The smallest absolute Gasteiger partial charge is 0.335 e. The zero-order valence-corrected chi connectivity index (χ0v) is 16.7. The average Bonchev–Trinajstić information content (AvgIpc) is 2.99. The van der Waals surface area contributed by atoms with Gasteiger partial charge in [0, 0.05) is 34.4 Å². The van der Waals surface area contributed by atoms with Gasteiger partial charge in [0.2, 0.25) is 0 Å². The predicted octanol–water partition coefficient (Wildman–Crippen LogP) is 4.44. The highest BCUT2D eigenvalue weighted by atomic mass is 16.4. The van der Waals surface area contributed by atoms with Gasteiger partial charge in [-0.05, 0) is 69.3 Å². The Morgan fingerprint density at radius 1 is 0.867 bits per heavy atom. The molecule has 0 saturated carbocycles. The van der Waals surface area contributed by atoms with Crippen LogP contribution in [-0.4, -0.2) is 38.7 Å². The molecule has 1 heterocycles. The number of Topliss-reactive ketones (excluding diaryl/α,β-unsaturated/α-hetero) is 1. The number of benzene rings is 2. The van der Waals surface area contributed by atoms with Crippen molar-refractivity contribution < 1.29 is 24.6 Å². The third-order valence-electron chi connectivity index (χ3n) is 4.77. The molecule has 1 aromatic heterocycles. The number of ketones is 1. The fourth-order valence-corrected chi connectivity index (χ4v) is 3.23. The van der Waals surface area contributed by atoms with Gasteiger partial charge in [0.05, 0.1) is 16.8 Å². The molecule has 0 aliphatic rings. The molecule has 152 valence electrons. The Hall–Kier alpha value is -4.00. The Bertz CT molecular complexity index is 1150. The van der Waals surface area contributed by atoms with Crippen molar-refractivity contribution in [2.45, 2.75) is 20.8 Å². The highest BCUT2D eigenvalue weighted by molar-refractivity contribution is 5.95. The normalized spacial score (nSPS) is 11.0. The summed E-state index contributed by atoms with van der Waals surface area (Å²) in [6.45, 7) is 5.20. The summed E-state index contributed by atoms with van der Waals surface area (Å²) in [5, 5.41) is 18.7. The molecule has 2 aromatic carbocycles. The molecule has 0 saturated heterocycles. The Morgan fingerprint density at radius 2 is 1.43 bits per heavy atom. The number of hydrogen-bond acceptors (Lipinski definition) is 4. The zero-order valence-electron chi connectivity index (χ0n) is 16.7. The van der Waals surface area contributed by atoms with Gasteiger partial charge in [-0.15, -0.1) is 0 Å². The van der Waals surface area contributed by atoms with Gasteiger partial charge in [0.1, 0.15) is 0 Å². The third-order valence-corrected chi connectivity index (χ3v) is 4.77. The summed E-state index contributed by atoms with van der Waals surface area (Å²) >= 11 is 0. The van der Waals surface area contributed by atoms with Crippen molar-refractivity contribution in [3.8, 4) is 5.69 Å². The third kappa shape index (κ3) is 4.20. The van der Waals surface area contributed by atoms with Crippen molar-refractivity contribution in [3.05, 3.63) is 82.2 Å². The average molecular weight is 404 g/mol. The summed E-state index contributed by atoms with van der Waals surface area (Å²) in [7, 11) is 0. The van der Waals surface area contributed by atoms with Crippen LogP contribution in [0.5, 0.6) is 0 Å². The van der Waals surface area contributed by atoms with E-state index in [1.165, 1.54) is 19.1 Å². The molecule has 7 heteroatoms. The molecule has 0 atom stereocenters. The lowest BCUT2D eigenvalue weighted by atomic mass is 10.1. The molecular weight excluding hydrogens is 384 g/mol. The zero-order chi connectivity index (χ0) is 22.0. The number of carbonyl (C=O) groups is 3. The van der Waals surface area contributed by atoms with Crippen LogP contribution in [0.1, 0.15) is 54.9 Å². The maximum Gasteiger partial charge on any atom is 0.335 e. The summed E-state index contributed by atoms with van der Waals surface area (Å²) in [5.74, 6) is -2.41. The molecule has 0 amide bonds. The quantitative estimate of drug-likeness (QED) is 0.466. The number of aliphatic imine (C=N–C) groups is 1. The van der Waals surface area contributed by atoms with E-state index >= 15 is 0 Å². The molecule has 0 aliphatic carbocycles. The maximum absolute atomic E-state index is 11.4. The van der Waals surface area contributed by atoms with Gasteiger partial charge < -0.3 is 14.8 Å². The van der Waals surface area contributed by atoms with Gasteiger partial charge >= 0.3 is 11.9 Å². The lowest BCUT2D eigenvalue weighted by molar-refractivity contribution is 0.0696. The first kappa shape index (κ1) is 20.7. The summed E-state index contributed by atoms with van der Waals surface area (Å²) in [6, 6.07) is 12.8. The van der Waals surface area contributed by atoms with Gasteiger partial charge in [0.15, 0.2) is 5.78 Å². The van der Waals surface area contributed by atoms with Gasteiger partial charge in [-0.3, -0.25) is 9.79 Å². The number of aromatic carboxylic acids is 2. The first-order valence-corrected chi connectivity index (χ1v) is 9.13. The van der Waals surface area contributed by atoms with Crippen molar-refractivity contribution in [2.24, 2.45) is 4.99 Å². The number of aryl methyl sites for hydroxylation is 1. The van der Waals surface area contributed by atoms with E-state index in [1.807, 2.05) is 19.9 Å². The van der Waals surface area contributed by atoms with Crippen molar-refractivity contribution in [3.63, 3.8) is 0 Å². The van der Waals surface area contributed by atoms with E-state index < -0.39 is 11.9 Å². The molecule has 0 fully saturated rings. The summed E-state index contributed by atoms with van der Waals surface area (Å²) < 4.78 is 1.79. The second-order valence-electron chi connectivity index (χ2n) is 6.90. The van der Waals surface area contributed by atoms with Crippen molar-refractivity contribution in [1.82, 2.24) is 4.57 Å². The Labute approximate surface area is 172 Å². The standard InChI is InChI=1S/C23H20N2O5/c1-13-8-19(12-24-20-6-4-16(5-7-20)15(3)26)14(2)25(13)21-10-17(22(27)28)9-18(11-21)23(29)30/h4-12H,1-3H3,(H,27,28)(H,29,30). The van der Waals surface area contributed by atoms with Crippen LogP contribution in [0.15, 0.2) is 53.5 Å². The first-order chi connectivity index (χ1) is 14.2. The number of carboxylic acid groups (broad SMARTS) is 2. The second kappa shape index (κ2) is 8.16. The van der Waals surface area contributed by atoms with Gasteiger partial charge in [0.25, 0.3) is 0 Å². The molecule has 30 heavy (non-hydrogen) atoms. The number of hydrogen-bond donors (Lipinski definition) is 2. The minimum Gasteiger partial charge on any atom is -0.478 e. The van der Waals surface area contributed by atoms with E-state index in [-0.39, 0.29) is 16.9 Å². The fourth-order valence-electron chi connectivity index (χ4n) is 3.23. The SMILES string of the molecule is CC(=O)c1ccc(N=Cc2cc(C)n(-c3cc(C(=O)O)cc(C(=O)O)c3)c2C)cc1. The minimum absolute atomic E-state index is 0.0154. The van der Waals surface area contributed by atoms with Crippen LogP contribution >= 0.6 is 0 Å².